The van der Waals surface area contributed by atoms with Crippen LogP contribution in [0, 0.1) is 0 Å². The first-order chi connectivity index (χ1) is 17.1. The van der Waals surface area contributed by atoms with Crippen LogP contribution in [-0.4, -0.2) is 10.1 Å². The Morgan fingerprint density at radius 2 is 1.43 bits per heavy atom. The number of halogens is 3. The lowest BCUT2D eigenvalue weighted by Gasteiger charge is -2.40. The third kappa shape index (κ3) is 4.66. The van der Waals surface area contributed by atoms with E-state index in [0.29, 0.717) is 0 Å². The lowest BCUT2D eigenvalue weighted by molar-refractivity contribution is 0.458. The molecule has 0 N–H and O–H groups in total. The topological polar surface area (TPSA) is 15.6 Å². The first kappa shape index (κ1) is 23.5. The number of benzene rings is 3. The van der Waals surface area contributed by atoms with Crippen LogP contribution >= 0.6 is 59.6 Å². The molecule has 1 atom stereocenters. The van der Waals surface area contributed by atoms with Crippen LogP contribution in [0.15, 0.2) is 113 Å². The fourth-order valence-corrected chi connectivity index (χ4v) is 6.67. The van der Waals surface area contributed by atoms with E-state index in [9.17, 15) is 0 Å². The highest BCUT2D eigenvalue weighted by Gasteiger charge is 2.40. The van der Waals surface area contributed by atoms with Crippen molar-refractivity contribution in [3.63, 3.8) is 0 Å². The van der Waals surface area contributed by atoms with Crippen LogP contribution in [0.4, 0.5) is 0 Å². The Hall–Kier alpha value is -1.86. The number of aliphatic imine (C=N–C) groups is 1. The van der Waals surface area contributed by atoms with Gasteiger partial charge in [0.2, 0.25) is 0 Å². The van der Waals surface area contributed by atoms with Gasteiger partial charge in [-0.05, 0) is 89.6 Å². The van der Waals surface area contributed by atoms with Crippen molar-refractivity contribution in [2.75, 3.05) is 0 Å². The fraction of sp³-hybridized carbons (Fsp3) is 0.138. The molecule has 3 aromatic carbocycles. The predicted molar refractivity (Wildman–Crippen MR) is 159 cm³/mol. The molecule has 2 heterocycles. The van der Waals surface area contributed by atoms with Gasteiger partial charge in [0.05, 0.1) is 17.4 Å². The van der Waals surface area contributed by atoms with E-state index in [1.807, 2.05) is 0 Å². The summed E-state index contributed by atoms with van der Waals surface area (Å²) >= 11 is 12.5. The van der Waals surface area contributed by atoms with Crippen molar-refractivity contribution in [1.29, 1.82) is 0 Å². The molecule has 0 saturated heterocycles. The SMILES string of the molecule is Brc1ccc(C=C2CCCC3=C2N=C2SC=C(c4ccc(Br)cc4)N2C3c2ccc(Br)cc2)cc1. The highest BCUT2D eigenvalue weighted by Crippen LogP contribution is 2.51. The number of rotatable bonds is 3. The summed E-state index contributed by atoms with van der Waals surface area (Å²) in [5, 5.41) is 3.31. The molecular weight excluding hydrogens is 648 g/mol. The molecule has 174 valence electrons. The van der Waals surface area contributed by atoms with Crippen molar-refractivity contribution in [2.45, 2.75) is 25.3 Å². The smallest absolute Gasteiger partial charge is 0.174 e. The highest BCUT2D eigenvalue weighted by molar-refractivity contribution is 9.11. The van der Waals surface area contributed by atoms with Gasteiger partial charge in [-0.2, -0.15) is 0 Å². The maximum Gasteiger partial charge on any atom is 0.174 e. The molecule has 0 amide bonds. The number of allylic oxidation sites excluding steroid dienone is 1. The van der Waals surface area contributed by atoms with E-state index < -0.39 is 0 Å². The minimum absolute atomic E-state index is 0.129. The maximum absolute atomic E-state index is 5.28. The summed E-state index contributed by atoms with van der Waals surface area (Å²) < 4.78 is 3.28. The highest BCUT2D eigenvalue weighted by atomic mass is 79.9. The molecule has 0 spiro atoms. The fourth-order valence-electron chi connectivity index (χ4n) is 4.95. The van der Waals surface area contributed by atoms with Gasteiger partial charge in [0.1, 0.15) is 0 Å². The Kier molecular flexibility index (Phi) is 6.65. The number of hydrogen-bond donors (Lipinski definition) is 0. The minimum atomic E-state index is 0.129. The average molecular weight is 669 g/mol. The number of thioether (sulfide) groups is 1. The van der Waals surface area contributed by atoms with Crippen molar-refractivity contribution in [2.24, 2.45) is 4.99 Å². The Morgan fingerprint density at radius 1 is 0.800 bits per heavy atom. The van der Waals surface area contributed by atoms with Crippen molar-refractivity contribution in [3.8, 4) is 0 Å². The number of hydrogen-bond acceptors (Lipinski definition) is 3. The van der Waals surface area contributed by atoms with Gasteiger partial charge in [0.15, 0.2) is 5.17 Å². The van der Waals surface area contributed by atoms with Crippen LogP contribution in [0.25, 0.3) is 11.8 Å². The second-order valence-electron chi connectivity index (χ2n) is 8.79. The van der Waals surface area contributed by atoms with Gasteiger partial charge < -0.3 is 4.90 Å². The molecule has 2 aliphatic heterocycles. The van der Waals surface area contributed by atoms with E-state index in [2.05, 4.69) is 137 Å². The van der Waals surface area contributed by atoms with E-state index in [-0.39, 0.29) is 6.04 Å². The Labute approximate surface area is 235 Å². The molecular formula is C29H21Br3N2S. The van der Waals surface area contributed by atoms with Crippen LogP contribution in [0.3, 0.4) is 0 Å². The van der Waals surface area contributed by atoms with Crippen molar-refractivity contribution in [1.82, 2.24) is 4.90 Å². The van der Waals surface area contributed by atoms with Gasteiger partial charge in [0.25, 0.3) is 0 Å². The molecule has 35 heavy (non-hydrogen) atoms. The average Bonchev–Trinajstić information content (AvgIpc) is 3.29. The largest absolute Gasteiger partial charge is 0.308 e. The molecule has 0 bridgehead atoms. The molecule has 6 heteroatoms. The second-order valence-corrected chi connectivity index (χ2v) is 12.4. The quantitative estimate of drug-likeness (QED) is 0.276. The summed E-state index contributed by atoms with van der Waals surface area (Å²) in [7, 11) is 0. The van der Waals surface area contributed by atoms with Crippen molar-refractivity contribution < 1.29 is 0 Å². The summed E-state index contributed by atoms with van der Waals surface area (Å²) in [6.07, 6.45) is 5.56. The summed E-state index contributed by atoms with van der Waals surface area (Å²) in [6, 6.07) is 26.0. The van der Waals surface area contributed by atoms with E-state index in [0.717, 1.165) is 37.8 Å². The van der Waals surface area contributed by atoms with Gasteiger partial charge in [-0.25, -0.2) is 4.99 Å². The molecule has 2 nitrogen and oxygen atoms in total. The standard InChI is InChI=1S/C29H21Br3N2S/c30-22-10-4-18(5-11-22)16-21-2-1-3-25-27(21)33-29-34(28(25)20-8-14-24(32)15-9-20)26(17-35-29)19-6-12-23(31)13-7-19/h4-17,28H,1-3H2. The lowest BCUT2D eigenvalue weighted by atomic mass is 9.83. The van der Waals surface area contributed by atoms with Crippen LogP contribution in [0.5, 0.6) is 0 Å². The van der Waals surface area contributed by atoms with Crippen molar-refractivity contribution >= 4 is 76.5 Å². The normalized spacial score (nSPS) is 20.5. The summed E-state index contributed by atoms with van der Waals surface area (Å²) in [5.41, 5.74) is 8.85. The first-order valence-electron chi connectivity index (χ1n) is 11.5. The molecule has 0 radical (unpaired) electrons. The van der Waals surface area contributed by atoms with Gasteiger partial charge >= 0.3 is 0 Å². The Morgan fingerprint density at radius 3 is 2.11 bits per heavy atom. The van der Waals surface area contributed by atoms with Gasteiger partial charge in [-0.1, -0.05) is 95.9 Å². The molecule has 6 rings (SSSR count). The third-order valence-electron chi connectivity index (χ3n) is 6.57. The zero-order valence-corrected chi connectivity index (χ0v) is 24.3. The summed E-state index contributed by atoms with van der Waals surface area (Å²) in [5.74, 6) is 0. The monoisotopic (exact) mass is 666 g/mol. The number of amidine groups is 1. The molecule has 3 aliphatic rings. The van der Waals surface area contributed by atoms with Gasteiger partial charge in [-0.15, -0.1) is 0 Å². The number of fused-ring (bicyclic) bond motifs is 1. The van der Waals surface area contributed by atoms with Crippen LogP contribution in [0.2, 0.25) is 0 Å². The Balaban J connectivity index is 1.48. The predicted octanol–water partition coefficient (Wildman–Crippen LogP) is 9.95. The van der Waals surface area contributed by atoms with Gasteiger partial charge in [0, 0.05) is 18.8 Å². The van der Waals surface area contributed by atoms with Crippen molar-refractivity contribution in [3.05, 3.63) is 125 Å². The van der Waals surface area contributed by atoms with E-state index in [4.69, 9.17) is 4.99 Å². The van der Waals surface area contributed by atoms with Crippen LogP contribution in [-0.2, 0) is 0 Å². The van der Waals surface area contributed by atoms with Gasteiger partial charge in [-0.3, -0.25) is 0 Å². The molecule has 1 aliphatic carbocycles. The second kappa shape index (κ2) is 9.89. The number of nitrogens with zero attached hydrogens (tertiary/aromatic N) is 2. The molecule has 0 fully saturated rings. The molecule has 3 aromatic rings. The Bertz CT molecular complexity index is 1400. The summed E-state index contributed by atoms with van der Waals surface area (Å²) in [4.78, 5) is 7.73. The van der Waals surface area contributed by atoms with Crippen LogP contribution in [0.1, 0.15) is 42.0 Å². The lowest BCUT2D eigenvalue weighted by Crippen LogP contribution is -2.34. The van der Waals surface area contributed by atoms with E-state index in [1.54, 1.807) is 11.8 Å². The maximum atomic E-state index is 5.28. The van der Waals surface area contributed by atoms with Crippen LogP contribution < -0.4 is 0 Å². The molecule has 0 aromatic heterocycles. The first-order valence-corrected chi connectivity index (χ1v) is 14.8. The third-order valence-corrected chi connectivity index (χ3v) is 9.00. The zero-order chi connectivity index (χ0) is 23.9. The van der Waals surface area contributed by atoms with E-state index >= 15 is 0 Å². The minimum Gasteiger partial charge on any atom is -0.308 e. The van der Waals surface area contributed by atoms with E-state index in [1.165, 1.54) is 39.2 Å². The zero-order valence-electron chi connectivity index (χ0n) is 18.7. The molecule has 1 unspecified atom stereocenters. The summed E-state index contributed by atoms with van der Waals surface area (Å²) in [6.45, 7) is 0. The molecule has 0 saturated carbocycles.